The number of hydrogen-bond donors (Lipinski definition) is 0. The Morgan fingerprint density at radius 1 is 0.955 bits per heavy atom. The molecule has 0 saturated heterocycles. The normalized spacial score (nSPS) is 12.0. The van der Waals surface area contributed by atoms with E-state index in [2.05, 4.69) is 81.4 Å². The van der Waals surface area contributed by atoms with Gasteiger partial charge in [0.05, 0.1) is 6.61 Å². The highest BCUT2D eigenvalue weighted by Gasteiger charge is 2.16. The number of benzene rings is 2. The van der Waals surface area contributed by atoms with E-state index in [0.717, 1.165) is 13.2 Å². The third kappa shape index (κ3) is 5.13. The predicted molar refractivity (Wildman–Crippen MR) is 96.0 cm³/mol. The van der Waals surface area contributed by atoms with Crippen LogP contribution in [0, 0.1) is 13.8 Å². The zero-order valence-corrected chi connectivity index (χ0v) is 14.7. The molecular formula is C19H26ClNO. The summed E-state index contributed by atoms with van der Waals surface area (Å²) in [5.41, 5.74) is 5.01. The van der Waals surface area contributed by atoms with E-state index in [1.54, 1.807) is 0 Å². The topological polar surface area (TPSA) is 12.5 Å². The van der Waals surface area contributed by atoms with Gasteiger partial charge in [-0.15, -0.1) is 12.4 Å². The fourth-order valence-corrected chi connectivity index (χ4v) is 2.34. The van der Waals surface area contributed by atoms with Crippen LogP contribution in [0.15, 0.2) is 48.5 Å². The predicted octanol–water partition coefficient (Wildman–Crippen LogP) is 4.39. The van der Waals surface area contributed by atoms with E-state index in [1.165, 1.54) is 22.3 Å². The first-order valence-corrected chi connectivity index (χ1v) is 7.46. The van der Waals surface area contributed by atoms with Crippen molar-refractivity contribution in [1.82, 2.24) is 4.90 Å². The van der Waals surface area contributed by atoms with Crippen LogP contribution in [0.2, 0.25) is 0 Å². The SMILES string of the molecule is Cc1ccc(C(OCCN(C)C)c2ccccc2C)cc1.Cl. The first kappa shape index (κ1) is 18.7. The number of hydrogen-bond acceptors (Lipinski definition) is 2. The Morgan fingerprint density at radius 3 is 2.18 bits per heavy atom. The number of likely N-dealkylation sites (N-methyl/N-ethyl adjacent to an activating group) is 1. The van der Waals surface area contributed by atoms with Gasteiger partial charge in [0.15, 0.2) is 0 Å². The maximum atomic E-state index is 6.20. The maximum absolute atomic E-state index is 6.20. The molecule has 2 aromatic rings. The highest BCUT2D eigenvalue weighted by Crippen LogP contribution is 2.28. The van der Waals surface area contributed by atoms with Gasteiger partial charge in [0.2, 0.25) is 0 Å². The molecule has 120 valence electrons. The summed E-state index contributed by atoms with van der Waals surface area (Å²) in [5.74, 6) is 0. The molecule has 3 heteroatoms. The molecule has 0 N–H and O–H groups in total. The van der Waals surface area contributed by atoms with Crippen LogP contribution < -0.4 is 0 Å². The Balaban J connectivity index is 0.00000242. The first-order chi connectivity index (χ1) is 10.1. The van der Waals surface area contributed by atoms with Crippen molar-refractivity contribution in [2.75, 3.05) is 27.2 Å². The summed E-state index contributed by atoms with van der Waals surface area (Å²) in [6.45, 7) is 5.90. The quantitative estimate of drug-likeness (QED) is 0.783. The van der Waals surface area contributed by atoms with Crippen molar-refractivity contribution in [3.8, 4) is 0 Å². The molecule has 0 radical (unpaired) electrons. The van der Waals surface area contributed by atoms with Crippen molar-refractivity contribution in [2.45, 2.75) is 20.0 Å². The van der Waals surface area contributed by atoms with Crippen molar-refractivity contribution < 1.29 is 4.74 Å². The van der Waals surface area contributed by atoms with E-state index in [4.69, 9.17) is 4.74 Å². The lowest BCUT2D eigenvalue weighted by Crippen LogP contribution is -2.20. The van der Waals surface area contributed by atoms with E-state index in [0.29, 0.717) is 0 Å². The molecule has 0 amide bonds. The fraction of sp³-hybridized carbons (Fsp3) is 0.368. The van der Waals surface area contributed by atoms with Gasteiger partial charge in [0.25, 0.3) is 0 Å². The van der Waals surface area contributed by atoms with Crippen LogP contribution in [-0.2, 0) is 4.74 Å². The molecule has 0 aromatic heterocycles. The van der Waals surface area contributed by atoms with Crippen LogP contribution in [0.25, 0.3) is 0 Å². The molecule has 2 nitrogen and oxygen atoms in total. The Bertz CT molecular complexity index is 566. The minimum absolute atomic E-state index is 0. The summed E-state index contributed by atoms with van der Waals surface area (Å²) in [5, 5.41) is 0. The van der Waals surface area contributed by atoms with Crippen molar-refractivity contribution in [1.29, 1.82) is 0 Å². The molecule has 0 fully saturated rings. The Morgan fingerprint density at radius 2 is 1.59 bits per heavy atom. The lowest BCUT2D eigenvalue weighted by Gasteiger charge is -2.22. The average molecular weight is 320 g/mol. The second-order valence-corrected chi connectivity index (χ2v) is 5.82. The summed E-state index contributed by atoms with van der Waals surface area (Å²) < 4.78 is 6.20. The average Bonchev–Trinajstić information content (AvgIpc) is 2.46. The molecule has 0 spiro atoms. The summed E-state index contributed by atoms with van der Waals surface area (Å²) in [6.07, 6.45) is 0.00625. The van der Waals surface area contributed by atoms with E-state index < -0.39 is 0 Å². The van der Waals surface area contributed by atoms with E-state index in [-0.39, 0.29) is 18.5 Å². The van der Waals surface area contributed by atoms with Crippen LogP contribution in [0.3, 0.4) is 0 Å². The molecule has 2 aromatic carbocycles. The summed E-state index contributed by atoms with van der Waals surface area (Å²) in [7, 11) is 4.13. The van der Waals surface area contributed by atoms with Crippen molar-refractivity contribution >= 4 is 12.4 Å². The van der Waals surface area contributed by atoms with Crippen LogP contribution >= 0.6 is 12.4 Å². The van der Waals surface area contributed by atoms with E-state index in [9.17, 15) is 0 Å². The highest BCUT2D eigenvalue weighted by molar-refractivity contribution is 5.85. The largest absolute Gasteiger partial charge is 0.367 e. The van der Waals surface area contributed by atoms with E-state index in [1.807, 2.05) is 0 Å². The zero-order valence-electron chi connectivity index (χ0n) is 13.9. The van der Waals surface area contributed by atoms with Crippen molar-refractivity contribution in [3.63, 3.8) is 0 Å². The first-order valence-electron chi connectivity index (χ1n) is 7.46. The molecule has 0 heterocycles. The number of aryl methyl sites for hydroxylation is 2. The number of ether oxygens (including phenoxy) is 1. The van der Waals surface area contributed by atoms with Gasteiger partial charge in [-0.25, -0.2) is 0 Å². The molecule has 22 heavy (non-hydrogen) atoms. The van der Waals surface area contributed by atoms with Crippen molar-refractivity contribution in [3.05, 3.63) is 70.8 Å². The summed E-state index contributed by atoms with van der Waals surface area (Å²) in [4.78, 5) is 2.14. The Kier molecular flexibility index (Phi) is 7.60. The molecule has 0 bridgehead atoms. The van der Waals surface area contributed by atoms with E-state index >= 15 is 0 Å². The lowest BCUT2D eigenvalue weighted by molar-refractivity contribution is 0.0683. The third-order valence-corrected chi connectivity index (χ3v) is 3.67. The summed E-state index contributed by atoms with van der Waals surface area (Å²) >= 11 is 0. The fourth-order valence-electron chi connectivity index (χ4n) is 2.34. The smallest absolute Gasteiger partial charge is 0.108 e. The lowest BCUT2D eigenvalue weighted by atomic mass is 9.97. The molecule has 0 aliphatic carbocycles. The van der Waals surface area contributed by atoms with Gasteiger partial charge in [-0.2, -0.15) is 0 Å². The minimum atomic E-state index is 0. The molecule has 1 unspecified atom stereocenters. The van der Waals surface area contributed by atoms with Crippen LogP contribution in [0.1, 0.15) is 28.4 Å². The molecule has 1 atom stereocenters. The highest BCUT2D eigenvalue weighted by atomic mass is 35.5. The van der Waals surface area contributed by atoms with Gasteiger partial charge >= 0.3 is 0 Å². The third-order valence-electron chi connectivity index (χ3n) is 3.67. The standard InChI is InChI=1S/C19H25NO.ClH/c1-15-9-11-17(12-10-15)19(21-14-13-20(3)4)18-8-6-5-7-16(18)2;/h5-12,19H,13-14H2,1-4H3;1H. The summed E-state index contributed by atoms with van der Waals surface area (Å²) in [6, 6.07) is 17.1. The Hall–Kier alpha value is -1.35. The number of nitrogens with zero attached hydrogens (tertiary/aromatic N) is 1. The van der Waals surface area contributed by atoms with Crippen LogP contribution in [0.4, 0.5) is 0 Å². The number of halogens is 1. The molecule has 0 aliphatic rings. The molecule has 0 aliphatic heterocycles. The Labute approximate surface area is 140 Å². The molecule has 0 saturated carbocycles. The number of rotatable bonds is 6. The van der Waals surface area contributed by atoms with Gasteiger partial charge in [-0.3, -0.25) is 0 Å². The molecular weight excluding hydrogens is 294 g/mol. The van der Waals surface area contributed by atoms with Crippen LogP contribution in [-0.4, -0.2) is 32.1 Å². The monoisotopic (exact) mass is 319 g/mol. The molecule has 2 rings (SSSR count). The van der Waals surface area contributed by atoms with Crippen LogP contribution in [0.5, 0.6) is 0 Å². The van der Waals surface area contributed by atoms with Gasteiger partial charge in [-0.1, -0.05) is 54.1 Å². The minimum Gasteiger partial charge on any atom is -0.367 e. The van der Waals surface area contributed by atoms with Gasteiger partial charge in [0, 0.05) is 6.54 Å². The van der Waals surface area contributed by atoms with Gasteiger partial charge < -0.3 is 9.64 Å². The zero-order chi connectivity index (χ0) is 15.2. The maximum Gasteiger partial charge on any atom is 0.108 e. The van der Waals surface area contributed by atoms with Gasteiger partial charge in [-0.05, 0) is 44.6 Å². The van der Waals surface area contributed by atoms with Gasteiger partial charge in [0.1, 0.15) is 6.10 Å². The second-order valence-electron chi connectivity index (χ2n) is 5.82. The van der Waals surface area contributed by atoms with Crippen molar-refractivity contribution in [2.24, 2.45) is 0 Å². The second kappa shape index (κ2) is 8.94.